The van der Waals surface area contributed by atoms with Gasteiger partial charge in [-0.1, -0.05) is 29.8 Å². The lowest BCUT2D eigenvalue weighted by atomic mass is 9.99. The highest BCUT2D eigenvalue weighted by Crippen LogP contribution is 2.35. The predicted molar refractivity (Wildman–Crippen MR) is 139 cm³/mol. The van der Waals surface area contributed by atoms with E-state index in [0.29, 0.717) is 21.8 Å². The summed E-state index contributed by atoms with van der Waals surface area (Å²) in [5.74, 6) is 1.68. The van der Waals surface area contributed by atoms with Crippen LogP contribution in [-0.4, -0.2) is 28.8 Å². The highest BCUT2D eigenvalue weighted by Gasteiger charge is 2.18. The number of anilines is 1. The Bertz CT molecular complexity index is 1600. The second-order valence-electron chi connectivity index (χ2n) is 7.81. The molecule has 0 amide bonds. The van der Waals surface area contributed by atoms with Crippen LogP contribution in [-0.2, 0) is 0 Å². The van der Waals surface area contributed by atoms with E-state index >= 15 is 0 Å². The van der Waals surface area contributed by atoms with Crippen LogP contribution in [0.5, 0.6) is 11.5 Å². The summed E-state index contributed by atoms with van der Waals surface area (Å²) in [7, 11) is 3.23. The molecule has 0 spiro atoms. The van der Waals surface area contributed by atoms with Gasteiger partial charge in [-0.3, -0.25) is 0 Å². The fourth-order valence-corrected chi connectivity index (χ4v) is 4.18. The number of pyridine rings is 1. The third-order valence-corrected chi connectivity index (χ3v) is 5.98. The number of nitrogen functional groups attached to an aromatic ring is 1. The van der Waals surface area contributed by atoms with Crippen LogP contribution in [0, 0.1) is 0 Å². The van der Waals surface area contributed by atoms with Crippen molar-refractivity contribution in [2.45, 2.75) is 0 Å². The van der Waals surface area contributed by atoms with E-state index in [2.05, 4.69) is 4.98 Å². The van der Waals surface area contributed by atoms with Gasteiger partial charge in [0.2, 0.25) is 0 Å². The van der Waals surface area contributed by atoms with Gasteiger partial charge < -0.3 is 15.2 Å². The summed E-state index contributed by atoms with van der Waals surface area (Å²) < 4.78 is 11.9. The number of hydrogen-bond acceptors (Lipinski definition) is 6. The second-order valence-corrected chi connectivity index (χ2v) is 8.24. The van der Waals surface area contributed by atoms with E-state index in [0.717, 1.165) is 28.2 Å². The molecule has 0 aliphatic rings. The Balaban J connectivity index is 1.81. The van der Waals surface area contributed by atoms with E-state index in [-0.39, 0.29) is 11.5 Å². The number of benzene rings is 3. The molecule has 5 aromatic rings. The lowest BCUT2D eigenvalue weighted by Crippen LogP contribution is -2.25. The third kappa shape index (κ3) is 4.18. The molecule has 8 heteroatoms. The Morgan fingerprint density at radius 3 is 2.06 bits per heavy atom. The molecule has 174 valence electrons. The van der Waals surface area contributed by atoms with Gasteiger partial charge in [0.15, 0.2) is 5.65 Å². The lowest BCUT2D eigenvalue weighted by Gasteiger charge is -2.16. The first-order valence-electron chi connectivity index (χ1n) is 10.8. The summed E-state index contributed by atoms with van der Waals surface area (Å²) >= 11 is 6.17. The number of methoxy groups -OCH3 is 2. The maximum absolute atomic E-state index is 13.1. The normalized spacial score (nSPS) is 10.9. The molecule has 2 aromatic heterocycles. The number of aromatic nitrogens is 3. The fourth-order valence-electron chi connectivity index (χ4n) is 3.99. The van der Waals surface area contributed by atoms with Gasteiger partial charge >= 0.3 is 5.69 Å². The molecule has 0 atom stereocenters. The number of halogens is 1. The predicted octanol–water partition coefficient (Wildman–Crippen LogP) is 5.37. The molecule has 2 N–H and O–H groups in total. The minimum Gasteiger partial charge on any atom is -0.497 e. The first-order chi connectivity index (χ1) is 17.0. The van der Waals surface area contributed by atoms with Crippen molar-refractivity contribution in [3.63, 3.8) is 0 Å². The van der Waals surface area contributed by atoms with Crippen molar-refractivity contribution >= 4 is 28.5 Å². The van der Waals surface area contributed by atoms with Crippen molar-refractivity contribution in [2.75, 3.05) is 20.0 Å². The molecule has 0 saturated carbocycles. The molecule has 7 nitrogen and oxygen atoms in total. The number of ether oxygens (including phenoxy) is 2. The Kier molecular flexibility index (Phi) is 5.84. The molecule has 35 heavy (non-hydrogen) atoms. The Morgan fingerprint density at radius 2 is 1.46 bits per heavy atom. The molecule has 5 rings (SSSR count). The Hall–Kier alpha value is -4.36. The number of rotatable bonds is 5. The molecule has 0 fully saturated rings. The second kappa shape index (κ2) is 9.12. The van der Waals surface area contributed by atoms with Gasteiger partial charge in [0.05, 0.1) is 31.0 Å². The fraction of sp³-hybridized carbons (Fsp3) is 0.0741. The smallest absolute Gasteiger partial charge is 0.355 e. The Labute approximate surface area is 206 Å². The highest BCUT2D eigenvalue weighted by atomic mass is 35.5. The van der Waals surface area contributed by atoms with Gasteiger partial charge in [-0.05, 0) is 71.8 Å². The molecule has 0 unspecified atom stereocenters. The van der Waals surface area contributed by atoms with Gasteiger partial charge in [-0.2, -0.15) is 4.98 Å². The van der Waals surface area contributed by atoms with Crippen LogP contribution in [0.3, 0.4) is 0 Å². The number of fused-ring (bicyclic) bond motifs is 1. The van der Waals surface area contributed by atoms with Crippen molar-refractivity contribution in [1.82, 2.24) is 14.5 Å². The summed E-state index contributed by atoms with van der Waals surface area (Å²) in [6.45, 7) is 0. The highest BCUT2D eigenvalue weighted by molar-refractivity contribution is 6.30. The van der Waals surface area contributed by atoms with Gasteiger partial charge in [0, 0.05) is 10.6 Å². The van der Waals surface area contributed by atoms with Crippen LogP contribution >= 0.6 is 11.6 Å². The van der Waals surface area contributed by atoms with Crippen LogP contribution in [0.25, 0.3) is 39.1 Å². The monoisotopic (exact) mass is 484 g/mol. The van der Waals surface area contributed by atoms with E-state index in [1.54, 1.807) is 38.5 Å². The first kappa shape index (κ1) is 22.4. The molecule has 3 aromatic carbocycles. The van der Waals surface area contributed by atoms with E-state index < -0.39 is 5.69 Å². The van der Waals surface area contributed by atoms with Crippen LogP contribution < -0.4 is 20.9 Å². The van der Waals surface area contributed by atoms with Gasteiger partial charge in [0.25, 0.3) is 0 Å². The van der Waals surface area contributed by atoms with Crippen LogP contribution in [0.1, 0.15) is 0 Å². The zero-order valence-electron chi connectivity index (χ0n) is 19.0. The molecule has 0 radical (unpaired) electrons. The average Bonchev–Trinajstić information content (AvgIpc) is 2.88. The average molecular weight is 485 g/mol. The van der Waals surface area contributed by atoms with Crippen molar-refractivity contribution in [1.29, 1.82) is 0 Å². The zero-order valence-corrected chi connectivity index (χ0v) is 19.8. The number of hydrogen-bond donors (Lipinski definition) is 1. The maximum atomic E-state index is 13.1. The topological polar surface area (TPSA) is 92.3 Å². The van der Waals surface area contributed by atoms with Gasteiger partial charge in [-0.15, -0.1) is 0 Å². The van der Waals surface area contributed by atoms with Crippen LogP contribution in [0.15, 0.2) is 83.7 Å². The van der Waals surface area contributed by atoms with E-state index in [9.17, 15) is 4.79 Å². The first-order valence-corrected chi connectivity index (χ1v) is 11.1. The number of nitrogens with two attached hydrogens (primary N) is 1. The van der Waals surface area contributed by atoms with Gasteiger partial charge in [-0.25, -0.2) is 14.3 Å². The largest absolute Gasteiger partial charge is 0.497 e. The standard InChI is InChI=1S/C27H21ClN4O3/c1-34-20-10-6-16(7-11-20)22-15-23(17-8-12-21(35-2)13-9-17)30-26-24(22)25(29)32(27(33)31-26)19-5-3-4-18(28)14-19/h3-15H,29H2,1-2H3. The summed E-state index contributed by atoms with van der Waals surface area (Å²) in [6.07, 6.45) is 0. The molecule has 0 bridgehead atoms. The Morgan fingerprint density at radius 1 is 0.829 bits per heavy atom. The van der Waals surface area contributed by atoms with Crippen molar-refractivity contribution in [3.05, 3.63) is 94.4 Å². The third-order valence-electron chi connectivity index (χ3n) is 5.74. The summed E-state index contributed by atoms with van der Waals surface area (Å²) in [4.78, 5) is 22.1. The minimum atomic E-state index is -0.544. The van der Waals surface area contributed by atoms with Crippen LogP contribution in [0.2, 0.25) is 5.02 Å². The molecule has 0 aliphatic carbocycles. The molecule has 0 aliphatic heterocycles. The zero-order chi connectivity index (χ0) is 24.5. The van der Waals surface area contributed by atoms with E-state index in [4.69, 9.17) is 31.8 Å². The molecular weight excluding hydrogens is 464 g/mol. The SMILES string of the molecule is COc1ccc(-c2cc(-c3ccc(OC)cc3)c3c(N)n(-c4cccc(Cl)c4)c(=O)nc3n2)cc1. The number of nitrogens with zero attached hydrogens (tertiary/aromatic N) is 3. The molecular formula is C27H21ClN4O3. The van der Waals surface area contributed by atoms with Crippen molar-refractivity contribution in [2.24, 2.45) is 0 Å². The lowest BCUT2D eigenvalue weighted by molar-refractivity contribution is 0.415. The quantitative estimate of drug-likeness (QED) is 0.360. The van der Waals surface area contributed by atoms with Crippen molar-refractivity contribution < 1.29 is 9.47 Å². The summed E-state index contributed by atoms with van der Waals surface area (Å²) in [5.41, 5.74) is 10.0. The minimum absolute atomic E-state index is 0.224. The van der Waals surface area contributed by atoms with E-state index in [1.807, 2.05) is 54.6 Å². The summed E-state index contributed by atoms with van der Waals surface area (Å²) in [5, 5.41) is 1.05. The molecule has 2 heterocycles. The van der Waals surface area contributed by atoms with Crippen molar-refractivity contribution in [3.8, 4) is 39.6 Å². The van der Waals surface area contributed by atoms with Crippen LogP contribution in [0.4, 0.5) is 5.82 Å². The van der Waals surface area contributed by atoms with Gasteiger partial charge in [0.1, 0.15) is 17.3 Å². The summed E-state index contributed by atoms with van der Waals surface area (Å²) in [6, 6.07) is 24.0. The van der Waals surface area contributed by atoms with E-state index in [1.165, 1.54) is 4.57 Å². The maximum Gasteiger partial charge on any atom is 0.355 e. The molecule has 0 saturated heterocycles.